The molecule has 0 radical (unpaired) electrons. The molecule has 0 bridgehead atoms. The Balaban J connectivity index is 1.45. The highest BCUT2D eigenvalue weighted by molar-refractivity contribution is 5.49. The van der Waals surface area contributed by atoms with Crippen LogP contribution in [0.2, 0.25) is 0 Å². The second kappa shape index (κ2) is 6.85. The number of anilines is 1. The number of nitrogens with zero attached hydrogens (tertiary/aromatic N) is 4. The smallest absolute Gasteiger partial charge is 0.231 e. The minimum Gasteiger partial charge on any atom is -0.484 e. The van der Waals surface area contributed by atoms with E-state index >= 15 is 0 Å². The molecule has 0 amide bonds. The molecule has 140 valence electrons. The summed E-state index contributed by atoms with van der Waals surface area (Å²) in [4.78, 5) is 2.32. The summed E-state index contributed by atoms with van der Waals surface area (Å²) in [6, 6.07) is 12.4. The monoisotopic (exact) mass is 363 g/mol. The van der Waals surface area contributed by atoms with Gasteiger partial charge in [-0.2, -0.15) is 0 Å². The van der Waals surface area contributed by atoms with Crippen LogP contribution in [0.25, 0.3) is 5.65 Å². The normalized spacial score (nSPS) is 22.6. The van der Waals surface area contributed by atoms with Crippen LogP contribution in [0.4, 0.5) is 5.95 Å². The molecule has 3 aromatic rings. The third kappa shape index (κ3) is 3.04. The molecular weight excluding hydrogens is 338 g/mol. The highest BCUT2D eigenvalue weighted by atomic mass is 16.5. The van der Waals surface area contributed by atoms with E-state index in [-0.39, 0.29) is 12.1 Å². The molecule has 6 heteroatoms. The maximum atomic E-state index is 6.40. The molecule has 1 aliphatic heterocycles. The highest BCUT2D eigenvalue weighted by Gasteiger charge is 2.26. The summed E-state index contributed by atoms with van der Waals surface area (Å²) >= 11 is 0. The summed E-state index contributed by atoms with van der Waals surface area (Å²) in [5.41, 5.74) is 9.55. The highest BCUT2D eigenvalue weighted by Crippen LogP contribution is 2.37. The number of hydrogen-bond acceptors (Lipinski definition) is 5. The number of ether oxygens (including phenoxy) is 1. The Morgan fingerprint density at radius 3 is 2.59 bits per heavy atom. The third-order valence-corrected chi connectivity index (χ3v) is 5.76. The molecule has 2 aromatic heterocycles. The SMILES string of the molecule is N[C@H]1CCC(Oc2ccc3nnc(N4CCCCC4)n3c2)c2ccccc21. The number of benzene rings is 1. The number of pyridine rings is 1. The molecule has 2 atom stereocenters. The van der Waals surface area contributed by atoms with Gasteiger partial charge in [-0.15, -0.1) is 10.2 Å². The van der Waals surface area contributed by atoms with Crippen LogP contribution in [-0.4, -0.2) is 27.7 Å². The van der Waals surface area contributed by atoms with Crippen LogP contribution >= 0.6 is 0 Å². The van der Waals surface area contributed by atoms with Gasteiger partial charge in [-0.3, -0.25) is 4.40 Å². The van der Waals surface area contributed by atoms with Crippen molar-refractivity contribution in [3.8, 4) is 5.75 Å². The average molecular weight is 363 g/mol. The lowest BCUT2D eigenvalue weighted by molar-refractivity contribution is 0.176. The van der Waals surface area contributed by atoms with Crippen LogP contribution in [0.15, 0.2) is 42.6 Å². The first kappa shape index (κ1) is 16.6. The van der Waals surface area contributed by atoms with Gasteiger partial charge in [0.25, 0.3) is 0 Å². The third-order valence-electron chi connectivity index (χ3n) is 5.76. The molecule has 3 heterocycles. The number of piperidine rings is 1. The van der Waals surface area contributed by atoms with Crippen molar-refractivity contribution < 1.29 is 4.74 Å². The maximum Gasteiger partial charge on any atom is 0.231 e. The molecule has 1 aromatic carbocycles. The lowest BCUT2D eigenvalue weighted by atomic mass is 9.86. The van der Waals surface area contributed by atoms with Crippen molar-refractivity contribution in [2.24, 2.45) is 5.73 Å². The lowest BCUT2D eigenvalue weighted by Gasteiger charge is -2.30. The first-order chi connectivity index (χ1) is 13.3. The topological polar surface area (TPSA) is 68.7 Å². The van der Waals surface area contributed by atoms with Crippen LogP contribution in [0.3, 0.4) is 0 Å². The van der Waals surface area contributed by atoms with Gasteiger partial charge < -0.3 is 15.4 Å². The van der Waals surface area contributed by atoms with E-state index in [9.17, 15) is 0 Å². The molecule has 27 heavy (non-hydrogen) atoms. The number of aromatic nitrogens is 3. The van der Waals surface area contributed by atoms with Crippen molar-refractivity contribution in [2.45, 2.75) is 44.2 Å². The van der Waals surface area contributed by atoms with Gasteiger partial charge in [0.2, 0.25) is 5.95 Å². The van der Waals surface area contributed by atoms with E-state index in [1.165, 1.54) is 30.4 Å². The van der Waals surface area contributed by atoms with Crippen molar-refractivity contribution in [1.29, 1.82) is 0 Å². The van der Waals surface area contributed by atoms with Crippen LogP contribution in [0.1, 0.15) is 55.4 Å². The van der Waals surface area contributed by atoms with Crippen LogP contribution in [-0.2, 0) is 0 Å². The first-order valence-corrected chi connectivity index (χ1v) is 9.90. The molecule has 2 aliphatic rings. The predicted octanol–water partition coefficient (Wildman–Crippen LogP) is 3.63. The molecule has 5 rings (SSSR count). The summed E-state index contributed by atoms with van der Waals surface area (Å²) in [5.74, 6) is 1.76. The van der Waals surface area contributed by atoms with E-state index in [0.717, 1.165) is 43.3 Å². The van der Waals surface area contributed by atoms with Crippen LogP contribution in [0.5, 0.6) is 5.75 Å². The summed E-state index contributed by atoms with van der Waals surface area (Å²) < 4.78 is 8.46. The molecule has 0 spiro atoms. The van der Waals surface area contributed by atoms with Gasteiger partial charge in [0, 0.05) is 19.1 Å². The predicted molar refractivity (Wildman–Crippen MR) is 105 cm³/mol. The molecule has 1 aliphatic carbocycles. The zero-order valence-corrected chi connectivity index (χ0v) is 15.4. The fourth-order valence-electron chi connectivity index (χ4n) is 4.31. The van der Waals surface area contributed by atoms with Crippen molar-refractivity contribution >= 4 is 11.6 Å². The molecule has 1 fully saturated rings. The van der Waals surface area contributed by atoms with Gasteiger partial charge in [0.05, 0.1) is 6.20 Å². The largest absolute Gasteiger partial charge is 0.484 e. The van der Waals surface area contributed by atoms with Gasteiger partial charge in [-0.1, -0.05) is 24.3 Å². The van der Waals surface area contributed by atoms with Crippen molar-refractivity contribution in [3.05, 3.63) is 53.7 Å². The van der Waals surface area contributed by atoms with E-state index in [4.69, 9.17) is 10.5 Å². The second-order valence-corrected chi connectivity index (χ2v) is 7.56. The van der Waals surface area contributed by atoms with Gasteiger partial charge in [-0.05, 0) is 55.4 Å². The van der Waals surface area contributed by atoms with Gasteiger partial charge in [0.1, 0.15) is 11.9 Å². The molecule has 0 saturated carbocycles. The fraction of sp³-hybridized carbons (Fsp3) is 0.429. The van der Waals surface area contributed by atoms with Gasteiger partial charge >= 0.3 is 0 Å². The Hall–Kier alpha value is -2.60. The van der Waals surface area contributed by atoms with E-state index in [0.29, 0.717) is 0 Å². The van der Waals surface area contributed by atoms with Gasteiger partial charge in [0.15, 0.2) is 5.65 Å². The quantitative estimate of drug-likeness (QED) is 0.769. The number of fused-ring (bicyclic) bond motifs is 2. The fourth-order valence-corrected chi connectivity index (χ4v) is 4.31. The Labute approximate surface area is 159 Å². The van der Waals surface area contributed by atoms with Gasteiger partial charge in [-0.25, -0.2) is 0 Å². The van der Waals surface area contributed by atoms with E-state index in [1.807, 2.05) is 18.3 Å². The lowest BCUT2D eigenvalue weighted by Crippen LogP contribution is -2.31. The average Bonchev–Trinajstić information content (AvgIpc) is 3.14. The first-order valence-electron chi connectivity index (χ1n) is 9.90. The minimum absolute atomic E-state index is 0.0355. The molecule has 2 N–H and O–H groups in total. The number of nitrogens with two attached hydrogens (primary N) is 1. The maximum absolute atomic E-state index is 6.40. The standard InChI is InChI=1S/C21H25N5O/c22-18-9-10-19(17-7-3-2-6-16(17)18)27-15-8-11-20-23-24-21(26(20)14-15)25-12-4-1-5-13-25/h2-3,6-8,11,14,18-19H,1,4-5,9-10,12-13,22H2/t18-,19?/m0/s1. The van der Waals surface area contributed by atoms with Crippen molar-refractivity contribution in [1.82, 2.24) is 14.6 Å². The molecule has 1 saturated heterocycles. The van der Waals surface area contributed by atoms with Crippen LogP contribution < -0.4 is 15.4 Å². The summed E-state index contributed by atoms with van der Waals surface area (Å²) in [5, 5.41) is 8.75. The summed E-state index contributed by atoms with van der Waals surface area (Å²) in [7, 11) is 0. The Kier molecular flexibility index (Phi) is 4.20. The minimum atomic E-state index is 0.0355. The zero-order chi connectivity index (χ0) is 18.2. The Bertz CT molecular complexity index is 947. The molecule has 6 nitrogen and oxygen atoms in total. The van der Waals surface area contributed by atoms with E-state index in [1.54, 1.807) is 0 Å². The summed E-state index contributed by atoms with van der Waals surface area (Å²) in [6.45, 7) is 2.08. The molecule has 1 unspecified atom stereocenters. The van der Waals surface area contributed by atoms with Crippen molar-refractivity contribution in [3.63, 3.8) is 0 Å². The van der Waals surface area contributed by atoms with Crippen molar-refractivity contribution in [2.75, 3.05) is 18.0 Å². The Morgan fingerprint density at radius 1 is 0.926 bits per heavy atom. The van der Waals surface area contributed by atoms with E-state index in [2.05, 4.69) is 43.8 Å². The zero-order valence-electron chi connectivity index (χ0n) is 15.4. The summed E-state index contributed by atoms with van der Waals surface area (Å²) in [6.07, 6.45) is 7.65. The van der Waals surface area contributed by atoms with Crippen LogP contribution in [0, 0.1) is 0 Å². The Morgan fingerprint density at radius 2 is 1.74 bits per heavy atom. The van der Waals surface area contributed by atoms with E-state index < -0.39 is 0 Å². The second-order valence-electron chi connectivity index (χ2n) is 7.56. The molecular formula is C21H25N5O. The number of hydrogen-bond donors (Lipinski definition) is 1. The number of rotatable bonds is 3.